The maximum absolute atomic E-state index is 11.6. The van der Waals surface area contributed by atoms with Crippen LogP contribution >= 0.6 is 0 Å². The van der Waals surface area contributed by atoms with E-state index in [1.807, 2.05) is 73.7 Å². The molecule has 4 aromatic carbocycles. The van der Waals surface area contributed by atoms with Crippen LogP contribution in [0.5, 0.6) is 23.3 Å². The Labute approximate surface area is 299 Å². The van der Waals surface area contributed by atoms with Crippen molar-refractivity contribution >= 4 is 29.8 Å². The number of benzene rings is 4. The number of nitrogens with zero attached hydrogens (tertiary/aromatic N) is 6. The molecule has 2 aromatic heterocycles. The summed E-state index contributed by atoms with van der Waals surface area (Å²) in [6, 6.07) is 28.0. The summed E-state index contributed by atoms with van der Waals surface area (Å²) in [6.45, 7) is 5.47. The van der Waals surface area contributed by atoms with Crippen LogP contribution in [-0.4, -0.2) is 65.5 Å². The van der Waals surface area contributed by atoms with Gasteiger partial charge in [-0.15, -0.1) is 0 Å². The number of aromatic hydroxyl groups is 4. The van der Waals surface area contributed by atoms with Crippen molar-refractivity contribution in [2.75, 3.05) is 7.11 Å². The molecule has 0 radical (unpaired) electrons. The molecule has 0 saturated carbocycles. The Balaban J connectivity index is 0.000000222. The quantitative estimate of drug-likeness (QED) is 0.104. The predicted octanol–water partition coefficient (Wildman–Crippen LogP) is 6.78. The Kier molecular flexibility index (Phi) is 12.0. The smallest absolute Gasteiger partial charge is 0.337 e. The minimum atomic E-state index is -0.530. The summed E-state index contributed by atoms with van der Waals surface area (Å²) in [4.78, 5) is 20.1. The zero-order valence-corrected chi connectivity index (χ0v) is 28.9. The number of phenols is 2. The molecular formula is C37H34CrN6O6. The Morgan fingerprint density at radius 3 is 1.56 bits per heavy atom. The molecule has 254 valence electrons. The Morgan fingerprint density at radius 2 is 1.10 bits per heavy atom. The summed E-state index contributed by atoms with van der Waals surface area (Å²) in [7, 11) is 1.28. The molecule has 50 heavy (non-hydrogen) atoms. The van der Waals surface area contributed by atoms with Crippen molar-refractivity contribution < 1.29 is 47.3 Å². The first-order chi connectivity index (χ1) is 23.6. The number of carbonyl (C=O) groups is 1. The average Bonchev–Trinajstić information content (AvgIpc) is 3.57. The predicted molar refractivity (Wildman–Crippen MR) is 187 cm³/mol. The fourth-order valence-electron chi connectivity index (χ4n) is 4.73. The number of aryl methyl sites for hydroxylation is 3. The van der Waals surface area contributed by atoms with Crippen LogP contribution in [0.15, 0.2) is 107 Å². The molecule has 0 atom stereocenters. The van der Waals surface area contributed by atoms with Crippen LogP contribution in [0.2, 0.25) is 0 Å². The van der Waals surface area contributed by atoms with E-state index in [4.69, 9.17) is 0 Å². The van der Waals surface area contributed by atoms with E-state index < -0.39 is 5.97 Å². The van der Waals surface area contributed by atoms with Gasteiger partial charge in [0.15, 0.2) is 0 Å². The summed E-state index contributed by atoms with van der Waals surface area (Å²) < 4.78 is 7.53. The number of aromatic nitrogens is 4. The molecule has 0 saturated heterocycles. The number of rotatable bonds is 7. The molecule has 0 amide bonds. The standard InChI is InChI=1S/C19H17N3O4.C18H17N3O2.Cr/c1-12-15(18(24)22(21-12)14-6-4-3-5-7-14)11-20-16-10-13(19(25)26-2)8-9-17(16)23;1-12-8-9-17(22)16(10-12)19-11-15-13(2)20-21(18(15)23)14-6-4-3-5-7-14;/h3-11,23-24H,1-2H3;3-11,22-23H,1-2H3;. The monoisotopic (exact) mass is 710 g/mol. The first-order valence-corrected chi connectivity index (χ1v) is 15.0. The summed E-state index contributed by atoms with van der Waals surface area (Å²) >= 11 is 0. The van der Waals surface area contributed by atoms with Crippen LogP contribution in [0.4, 0.5) is 11.4 Å². The van der Waals surface area contributed by atoms with Crippen LogP contribution in [0.1, 0.15) is 38.4 Å². The Hall–Kier alpha value is -6.16. The van der Waals surface area contributed by atoms with Crippen molar-refractivity contribution in [3.8, 4) is 34.6 Å². The summed E-state index contributed by atoms with van der Waals surface area (Å²) in [6.07, 6.45) is 2.92. The number of hydrogen-bond acceptors (Lipinski definition) is 10. The van der Waals surface area contributed by atoms with Gasteiger partial charge in [0.1, 0.15) is 22.9 Å². The minimum absolute atomic E-state index is 0. The maximum atomic E-state index is 11.6. The van der Waals surface area contributed by atoms with Gasteiger partial charge in [-0.1, -0.05) is 42.5 Å². The summed E-state index contributed by atoms with van der Waals surface area (Å²) in [5.41, 5.74) is 5.53. The van der Waals surface area contributed by atoms with Crippen molar-refractivity contribution in [3.05, 3.63) is 131 Å². The van der Waals surface area contributed by atoms with Crippen molar-refractivity contribution in [2.45, 2.75) is 20.8 Å². The van der Waals surface area contributed by atoms with Gasteiger partial charge in [-0.2, -0.15) is 10.2 Å². The second-order valence-corrected chi connectivity index (χ2v) is 10.8. The Morgan fingerprint density at radius 1 is 0.660 bits per heavy atom. The van der Waals surface area contributed by atoms with Gasteiger partial charge >= 0.3 is 5.97 Å². The zero-order valence-electron chi connectivity index (χ0n) is 27.6. The maximum Gasteiger partial charge on any atom is 0.337 e. The van der Waals surface area contributed by atoms with Crippen LogP contribution < -0.4 is 0 Å². The van der Waals surface area contributed by atoms with Crippen LogP contribution in [0.25, 0.3) is 11.4 Å². The third-order valence-electron chi connectivity index (χ3n) is 7.36. The largest absolute Gasteiger partial charge is 0.506 e. The topological polar surface area (TPSA) is 168 Å². The molecule has 4 N–H and O–H groups in total. The van der Waals surface area contributed by atoms with E-state index in [1.165, 1.54) is 47.1 Å². The van der Waals surface area contributed by atoms with Gasteiger partial charge in [0.2, 0.25) is 11.8 Å². The molecule has 0 aliphatic rings. The third kappa shape index (κ3) is 8.27. The van der Waals surface area contributed by atoms with Gasteiger partial charge in [-0.05, 0) is 80.9 Å². The molecular weight excluding hydrogens is 676 g/mol. The molecule has 12 nitrogen and oxygen atoms in total. The fraction of sp³-hybridized carbons (Fsp3) is 0.108. The van der Waals surface area contributed by atoms with E-state index in [1.54, 1.807) is 26.0 Å². The molecule has 0 aliphatic heterocycles. The molecule has 13 heteroatoms. The van der Waals surface area contributed by atoms with E-state index in [2.05, 4.69) is 24.9 Å². The molecule has 0 bridgehead atoms. The summed E-state index contributed by atoms with van der Waals surface area (Å²) in [5, 5.41) is 49.3. The molecule has 2 heterocycles. The number of hydrogen-bond donors (Lipinski definition) is 4. The van der Waals surface area contributed by atoms with E-state index >= 15 is 0 Å². The van der Waals surface area contributed by atoms with Crippen molar-refractivity contribution in [1.29, 1.82) is 0 Å². The van der Waals surface area contributed by atoms with Crippen molar-refractivity contribution in [2.24, 2.45) is 9.98 Å². The number of phenolic OH excluding ortho intramolecular Hbond substituents is 2. The molecule has 0 unspecified atom stereocenters. The number of methoxy groups -OCH3 is 1. The third-order valence-corrected chi connectivity index (χ3v) is 7.36. The van der Waals surface area contributed by atoms with E-state index in [-0.39, 0.29) is 51.9 Å². The number of ether oxygens (including phenoxy) is 1. The minimum Gasteiger partial charge on any atom is -0.506 e. The SMILES string of the molecule is COC(=O)c1ccc(O)c(N=Cc2c(C)nn(-c3ccccc3)c2O)c1.Cc1ccc(O)c(N=Cc2c(C)nn(-c3ccccc3)c2O)c1.[Cr]. The molecule has 0 fully saturated rings. The van der Waals surface area contributed by atoms with Gasteiger partial charge in [0, 0.05) is 29.8 Å². The number of aliphatic imine (C=N–C) groups is 2. The first-order valence-electron chi connectivity index (χ1n) is 15.0. The van der Waals surface area contributed by atoms with Gasteiger partial charge in [-0.25, -0.2) is 14.2 Å². The average molecular weight is 711 g/mol. The van der Waals surface area contributed by atoms with Crippen LogP contribution in [-0.2, 0) is 22.1 Å². The van der Waals surface area contributed by atoms with Gasteiger partial charge in [-0.3, -0.25) is 9.98 Å². The van der Waals surface area contributed by atoms with Gasteiger partial charge < -0.3 is 25.2 Å². The van der Waals surface area contributed by atoms with Crippen molar-refractivity contribution in [3.63, 3.8) is 0 Å². The second kappa shape index (κ2) is 16.3. The Bertz CT molecular complexity index is 2160. The van der Waals surface area contributed by atoms with E-state index in [0.717, 1.165) is 11.3 Å². The number of para-hydroxylation sites is 2. The van der Waals surface area contributed by atoms with Gasteiger partial charge in [0.25, 0.3) is 0 Å². The zero-order chi connectivity index (χ0) is 35.1. The second-order valence-electron chi connectivity index (χ2n) is 10.8. The van der Waals surface area contributed by atoms with Gasteiger partial charge in [0.05, 0.1) is 46.6 Å². The molecule has 6 aromatic rings. The molecule has 6 rings (SSSR count). The molecule has 0 spiro atoms. The van der Waals surface area contributed by atoms with E-state index in [9.17, 15) is 25.2 Å². The number of carbonyl (C=O) groups excluding carboxylic acids is 1. The van der Waals surface area contributed by atoms with E-state index in [0.29, 0.717) is 33.9 Å². The fourth-order valence-corrected chi connectivity index (χ4v) is 4.73. The normalized spacial score (nSPS) is 10.9. The van der Waals surface area contributed by atoms with Crippen LogP contribution in [0.3, 0.4) is 0 Å². The molecule has 0 aliphatic carbocycles. The van der Waals surface area contributed by atoms with Crippen LogP contribution in [0, 0.1) is 20.8 Å². The van der Waals surface area contributed by atoms with Crippen molar-refractivity contribution in [1.82, 2.24) is 19.6 Å². The number of esters is 1. The summed E-state index contributed by atoms with van der Waals surface area (Å²) in [5.74, 6) is -0.580. The first kappa shape index (κ1) is 36.7.